The van der Waals surface area contributed by atoms with E-state index in [-0.39, 0.29) is 24.0 Å². The lowest BCUT2D eigenvalue weighted by molar-refractivity contribution is -0.149. The number of carboxylic acid groups (broad SMARTS) is 1. The van der Waals surface area contributed by atoms with Crippen molar-refractivity contribution in [1.29, 1.82) is 0 Å². The fraction of sp³-hybridized carbons (Fsp3) is 0.875. The van der Waals surface area contributed by atoms with Gasteiger partial charge >= 0.3 is 12.0 Å². The molecule has 1 atom stereocenters. The Morgan fingerprint density at radius 2 is 1.90 bits per heavy atom. The van der Waals surface area contributed by atoms with Crippen molar-refractivity contribution in [2.45, 2.75) is 72.3 Å². The second-order valence-corrected chi connectivity index (χ2v) is 7.08. The van der Waals surface area contributed by atoms with Gasteiger partial charge in [0.15, 0.2) is 0 Å². The smallest absolute Gasteiger partial charge is 0.315 e. The average Bonchev–Trinajstić information content (AvgIpc) is 2.39. The Morgan fingerprint density at radius 3 is 2.38 bits per heavy atom. The van der Waals surface area contributed by atoms with Crippen LogP contribution in [0.25, 0.3) is 0 Å². The first kappa shape index (κ1) is 17.8. The molecule has 0 aliphatic heterocycles. The molecule has 1 fully saturated rings. The highest BCUT2D eigenvalue weighted by Gasteiger charge is 2.35. The fourth-order valence-corrected chi connectivity index (χ4v) is 3.19. The number of aliphatic carboxylic acids is 1. The van der Waals surface area contributed by atoms with Gasteiger partial charge in [-0.15, -0.1) is 0 Å². The zero-order chi connectivity index (χ0) is 16.1. The maximum absolute atomic E-state index is 12.0. The number of hydrogen-bond donors (Lipinski definition) is 3. The largest absolute Gasteiger partial charge is 0.481 e. The molecule has 0 bridgehead atoms. The Bertz CT molecular complexity index is 376. The molecule has 0 aromatic heterocycles. The molecule has 1 saturated carbocycles. The van der Waals surface area contributed by atoms with E-state index in [0.717, 1.165) is 19.3 Å². The van der Waals surface area contributed by atoms with Crippen molar-refractivity contribution in [3.8, 4) is 0 Å². The second-order valence-electron chi connectivity index (χ2n) is 7.08. The molecule has 2 amide bonds. The standard InChI is InChI=1S/C16H30N2O3/c1-5-16(6-2,13(19)20)11-17-14(21)18-12-8-7-9-15(3,4)10-12/h12H,5-11H2,1-4H3,(H,19,20)(H2,17,18,21). The molecule has 5 heteroatoms. The first-order valence-electron chi connectivity index (χ1n) is 8.02. The first-order valence-corrected chi connectivity index (χ1v) is 8.02. The van der Waals surface area contributed by atoms with E-state index >= 15 is 0 Å². The van der Waals surface area contributed by atoms with Crippen molar-refractivity contribution in [2.75, 3.05) is 6.54 Å². The first-order chi connectivity index (χ1) is 9.74. The van der Waals surface area contributed by atoms with Crippen LogP contribution in [0.2, 0.25) is 0 Å². The molecule has 21 heavy (non-hydrogen) atoms. The van der Waals surface area contributed by atoms with Gasteiger partial charge in [-0.2, -0.15) is 0 Å². The van der Waals surface area contributed by atoms with Crippen LogP contribution in [0.1, 0.15) is 66.2 Å². The topological polar surface area (TPSA) is 78.4 Å². The van der Waals surface area contributed by atoms with E-state index in [0.29, 0.717) is 12.8 Å². The van der Waals surface area contributed by atoms with Crippen LogP contribution in [0.5, 0.6) is 0 Å². The molecular weight excluding hydrogens is 268 g/mol. The van der Waals surface area contributed by atoms with Crippen LogP contribution in [0.3, 0.4) is 0 Å². The van der Waals surface area contributed by atoms with Gasteiger partial charge in [0.05, 0.1) is 5.41 Å². The number of carboxylic acids is 1. The van der Waals surface area contributed by atoms with Crippen LogP contribution in [-0.4, -0.2) is 29.7 Å². The minimum Gasteiger partial charge on any atom is -0.481 e. The molecule has 0 saturated heterocycles. The molecule has 5 nitrogen and oxygen atoms in total. The van der Waals surface area contributed by atoms with E-state index in [9.17, 15) is 14.7 Å². The van der Waals surface area contributed by atoms with E-state index in [4.69, 9.17) is 0 Å². The third kappa shape index (κ3) is 4.90. The summed E-state index contributed by atoms with van der Waals surface area (Å²) in [5.41, 5.74) is -0.586. The number of hydrogen-bond acceptors (Lipinski definition) is 2. The van der Waals surface area contributed by atoms with Gasteiger partial charge in [0.1, 0.15) is 0 Å². The van der Waals surface area contributed by atoms with Crippen molar-refractivity contribution < 1.29 is 14.7 Å². The van der Waals surface area contributed by atoms with E-state index in [1.54, 1.807) is 0 Å². The summed E-state index contributed by atoms with van der Waals surface area (Å²) in [5.74, 6) is -0.841. The van der Waals surface area contributed by atoms with Crippen LogP contribution in [0, 0.1) is 10.8 Å². The van der Waals surface area contributed by atoms with E-state index in [1.165, 1.54) is 6.42 Å². The Labute approximate surface area is 127 Å². The zero-order valence-corrected chi connectivity index (χ0v) is 13.8. The molecule has 1 aliphatic rings. The number of amides is 2. The summed E-state index contributed by atoms with van der Waals surface area (Å²) in [6.45, 7) is 8.32. The van der Waals surface area contributed by atoms with Gasteiger partial charge in [-0.05, 0) is 37.5 Å². The summed E-state index contributed by atoms with van der Waals surface area (Å²) < 4.78 is 0. The van der Waals surface area contributed by atoms with Crippen molar-refractivity contribution in [2.24, 2.45) is 10.8 Å². The molecule has 0 aromatic rings. The molecule has 1 rings (SSSR count). The van der Waals surface area contributed by atoms with Crippen molar-refractivity contribution >= 4 is 12.0 Å². The molecule has 0 aromatic carbocycles. The van der Waals surface area contributed by atoms with Crippen LogP contribution >= 0.6 is 0 Å². The minimum absolute atomic E-state index is 0.178. The third-order valence-corrected chi connectivity index (χ3v) is 4.93. The van der Waals surface area contributed by atoms with E-state index in [2.05, 4.69) is 24.5 Å². The molecule has 0 radical (unpaired) electrons. The highest BCUT2D eigenvalue weighted by molar-refractivity contribution is 5.78. The fourth-order valence-electron chi connectivity index (χ4n) is 3.19. The minimum atomic E-state index is -0.858. The number of nitrogens with one attached hydrogen (secondary N) is 2. The third-order valence-electron chi connectivity index (χ3n) is 4.93. The lowest BCUT2D eigenvalue weighted by Gasteiger charge is -2.35. The van der Waals surface area contributed by atoms with Gasteiger partial charge < -0.3 is 15.7 Å². The molecule has 122 valence electrons. The summed E-state index contributed by atoms with van der Waals surface area (Å²) in [6, 6.07) is -0.0542. The number of carbonyl (C=O) groups is 2. The highest BCUT2D eigenvalue weighted by Crippen LogP contribution is 2.35. The molecular formula is C16H30N2O3. The summed E-state index contributed by atoms with van der Waals surface area (Å²) in [6.07, 6.45) is 5.32. The summed E-state index contributed by atoms with van der Waals surface area (Å²) in [7, 11) is 0. The lowest BCUT2D eigenvalue weighted by Crippen LogP contribution is -2.49. The SMILES string of the molecule is CCC(CC)(CNC(=O)NC1CCCC(C)(C)C1)C(=O)O. The summed E-state index contributed by atoms with van der Waals surface area (Å²) in [5, 5.41) is 15.1. The van der Waals surface area contributed by atoms with Crippen LogP contribution in [0.15, 0.2) is 0 Å². The Kier molecular flexibility index (Phi) is 6.05. The average molecular weight is 298 g/mol. The number of urea groups is 1. The van der Waals surface area contributed by atoms with E-state index < -0.39 is 11.4 Å². The van der Waals surface area contributed by atoms with E-state index in [1.807, 2.05) is 13.8 Å². The van der Waals surface area contributed by atoms with Gasteiger partial charge in [0.2, 0.25) is 0 Å². The molecule has 1 aliphatic carbocycles. The Morgan fingerprint density at radius 1 is 1.29 bits per heavy atom. The van der Waals surface area contributed by atoms with Crippen molar-refractivity contribution in [3.63, 3.8) is 0 Å². The number of rotatable bonds is 6. The monoisotopic (exact) mass is 298 g/mol. The van der Waals surface area contributed by atoms with Gasteiger partial charge in [-0.1, -0.05) is 34.1 Å². The molecule has 3 N–H and O–H groups in total. The van der Waals surface area contributed by atoms with Gasteiger partial charge in [0.25, 0.3) is 0 Å². The normalized spacial score (nSPS) is 21.6. The number of carbonyl (C=O) groups excluding carboxylic acids is 1. The quantitative estimate of drug-likeness (QED) is 0.705. The lowest BCUT2D eigenvalue weighted by atomic mass is 9.75. The highest BCUT2D eigenvalue weighted by atomic mass is 16.4. The zero-order valence-electron chi connectivity index (χ0n) is 13.8. The molecule has 1 unspecified atom stereocenters. The van der Waals surface area contributed by atoms with Gasteiger partial charge in [-0.25, -0.2) is 4.79 Å². The summed E-state index contributed by atoms with van der Waals surface area (Å²) in [4.78, 5) is 23.4. The van der Waals surface area contributed by atoms with Crippen LogP contribution in [0.4, 0.5) is 4.79 Å². The predicted molar refractivity (Wildman–Crippen MR) is 83.2 cm³/mol. The molecule has 0 heterocycles. The van der Waals surface area contributed by atoms with Gasteiger partial charge in [-0.3, -0.25) is 4.79 Å². The Hall–Kier alpha value is -1.26. The van der Waals surface area contributed by atoms with Crippen LogP contribution in [-0.2, 0) is 4.79 Å². The maximum atomic E-state index is 12.0. The maximum Gasteiger partial charge on any atom is 0.315 e. The summed E-state index contributed by atoms with van der Waals surface area (Å²) >= 11 is 0. The van der Waals surface area contributed by atoms with Crippen LogP contribution < -0.4 is 10.6 Å². The van der Waals surface area contributed by atoms with Crippen molar-refractivity contribution in [3.05, 3.63) is 0 Å². The second kappa shape index (κ2) is 7.14. The molecule has 0 spiro atoms. The predicted octanol–water partition coefficient (Wildman–Crippen LogP) is 3.15. The van der Waals surface area contributed by atoms with Crippen molar-refractivity contribution in [1.82, 2.24) is 10.6 Å². The Balaban J connectivity index is 2.48. The van der Waals surface area contributed by atoms with Gasteiger partial charge in [0, 0.05) is 12.6 Å².